The Morgan fingerprint density at radius 1 is 1.11 bits per heavy atom. The first kappa shape index (κ1) is 21.6. The fraction of sp³-hybridized carbons (Fsp3) is 0.381. The molecule has 28 heavy (non-hydrogen) atoms. The van der Waals surface area contributed by atoms with Crippen LogP contribution in [0.4, 0.5) is 18.9 Å². The zero-order chi connectivity index (χ0) is 20.9. The van der Waals surface area contributed by atoms with Crippen LogP contribution in [-0.2, 0) is 11.0 Å². The third-order valence-electron chi connectivity index (χ3n) is 4.51. The SMILES string of the molecule is CCOc1cc([C@H](CC)N(C=O)c2ccc(C(F)(F)F)cc2C)ccc1OC. The Bertz CT molecular complexity index is 821. The Morgan fingerprint density at radius 3 is 2.32 bits per heavy atom. The highest BCUT2D eigenvalue weighted by molar-refractivity contribution is 5.78. The number of hydrogen-bond donors (Lipinski definition) is 0. The second-order valence-corrected chi connectivity index (χ2v) is 6.28. The summed E-state index contributed by atoms with van der Waals surface area (Å²) in [5.74, 6) is 1.12. The summed E-state index contributed by atoms with van der Waals surface area (Å²) in [7, 11) is 1.54. The first-order chi connectivity index (χ1) is 13.3. The second-order valence-electron chi connectivity index (χ2n) is 6.28. The summed E-state index contributed by atoms with van der Waals surface area (Å²) in [6, 6.07) is 8.40. The van der Waals surface area contributed by atoms with Gasteiger partial charge in [-0.05, 0) is 61.7 Å². The van der Waals surface area contributed by atoms with Gasteiger partial charge in [0.2, 0.25) is 6.41 Å². The molecule has 2 aromatic rings. The lowest BCUT2D eigenvalue weighted by molar-refractivity contribution is -0.137. The van der Waals surface area contributed by atoms with Crippen LogP contribution in [-0.4, -0.2) is 20.1 Å². The lowest BCUT2D eigenvalue weighted by Crippen LogP contribution is -2.27. The number of hydrogen-bond acceptors (Lipinski definition) is 3. The molecule has 0 aliphatic heterocycles. The third-order valence-corrected chi connectivity index (χ3v) is 4.51. The Hall–Kier alpha value is -2.70. The number of methoxy groups -OCH3 is 1. The van der Waals surface area contributed by atoms with Crippen molar-refractivity contribution >= 4 is 12.1 Å². The number of carbonyl (C=O) groups excluding carboxylic acids is 1. The predicted molar refractivity (Wildman–Crippen MR) is 102 cm³/mol. The van der Waals surface area contributed by atoms with Gasteiger partial charge in [0.05, 0.1) is 25.3 Å². The molecule has 0 radical (unpaired) electrons. The van der Waals surface area contributed by atoms with E-state index in [9.17, 15) is 18.0 Å². The van der Waals surface area contributed by atoms with Crippen LogP contribution in [0.1, 0.15) is 43.0 Å². The molecule has 0 saturated heterocycles. The van der Waals surface area contributed by atoms with Gasteiger partial charge in [-0.15, -0.1) is 0 Å². The third kappa shape index (κ3) is 4.58. The molecule has 2 aromatic carbocycles. The summed E-state index contributed by atoms with van der Waals surface area (Å²) in [5.41, 5.74) is 0.872. The Morgan fingerprint density at radius 2 is 1.82 bits per heavy atom. The van der Waals surface area contributed by atoms with E-state index in [1.165, 1.54) is 18.1 Å². The number of halogens is 3. The van der Waals surface area contributed by atoms with E-state index in [0.29, 0.717) is 42.2 Å². The van der Waals surface area contributed by atoms with Crippen molar-refractivity contribution in [1.82, 2.24) is 0 Å². The molecule has 2 rings (SSSR count). The lowest BCUT2D eigenvalue weighted by atomic mass is 10.00. The van der Waals surface area contributed by atoms with Crippen molar-refractivity contribution in [1.29, 1.82) is 0 Å². The van der Waals surface area contributed by atoms with Gasteiger partial charge in [-0.3, -0.25) is 4.79 Å². The molecule has 0 N–H and O–H groups in total. The molecule has 7 heteroatoms. The fourth-order valence-corrected chi connectivity index (χ4v) is 3.18. The Kier molecular flexibility index (Phi) is 6.94. The van der Waals surface area contributed by atoms with Crippen LogP contribution in [0, 0.1) is 6.92 Å². The van der Waals surface area contributed by atoms with Gasteiger partial charge in [0.25, 0.3) is 0 Å². The molecule has 4 nitrogen and oxygen atoms in total. The molecule has 1 amide bonds. The van der Waals surface area contributed by atoms with Gasteiger partial charge in [0, 0.05) is 5.69 Å². The van der Waals surface area contributed by atoms with Crippen molar-refractivity contribution in [2.75, 3.05) is 18.6 Å². The largest absolute Gasteiger partial charge is 0.493 e. The molecule has 0 aliphatic carbocycles. The van der Waals surface area contributed by atoms with Crippen LogP contribution >= 0.6 is 0 Å². The number of amides is 1. The van der Waals surface area contributed by atoms with E-state index in [0.717, 1.165) is 17.7 Å². The van der Waals surface area contributed by atoms with Crippen LogP contribution in [0.2, 0.25) is 0 Å². The average Bonchev–Trinajstić information content (AvgIpc) is 2.66. The average molecular weight is 395 g/mol. The van der Waals surface area contributed by atoms with Crippen LogP contribution in [0.3, 0.4) is 0 Å². The molecule has 0 aromatic heterocycles. The fourth-order valence-electron chi connectivity index (χ4n) is 3.18. The molecule has 0 spiro atoms. The summed E-state index contributed by atoms with van der Waals surface area (Å²) < 4.78 is 49.7. The zero-order valence-electron chi connectivity index (χ0n) is 16.3. The van der Waals surface area contributed by atoms with E-state index < -0.39 is 11.7 Å². The molecular weight excluding hydrogens is 371 g/mol. The summed E-state index contributed by atoms with van der Waals surface area (Å²) >= 11 is 0. The highest BCUT2D eigenvalue weighted by Crippen LogP contribution is 2.37. The number of carbonyl (C=O) groups is 1. The summed E-state index contributed by atoms with van der Waals surface area (Å²) in [5, 5.41) is 0. The first-order valence-corrected chi connectivity index (χ1v) is 8.99. The highest BCUT2D eigenvalue weighted by Gasteiger charge is 2.31. The number of alkyl halides is 3. The first-order valence-electron chi connectivity index (χ1n) is 8.99. The van der Waals surface area contributed by atoms with E-state index in [1.807, 2.05) is 19.9 Å². The maximum atomic E-state index is 13.0. The second kappa shape index (κ2) is 8.99. The molecular formula is C21H24F3NO3. The molecule has 0 unspecified atom stereocenters. The molecule has 1 atom stereocenters. The van der Waals surface area contributed by atoms with E-state index in [2.05, 4.69) is 0 Å². The molecule has 0 bridgehead atoms. The van der Waals surface area contributed by atoms with Crippen molar-refractivity contribution in [2.45, 2.75) is 39.4 Å². The van der Waals surface area contributed by atoms with Crippen molar-refractivity contribution in [2.24, 2.45) is 0 Å². The van der Waals surface area contributed by atoms with Gasteiger partial charge < -0.3 is 14.4 Å². The van der Waals surface area contributed by atoms with Crippen LogP contribution in [0.25, 0.3) is 0 Å². The van der Waals surface area contributed by atoms with Gasteiger partial charge in [-0.2, -0.15) is 13.2 Å². The van der Waals surface area contributed by atoms with E-state index in [1.54, 1.807) is 19.1 Å². The van der Waals surface area contributed by atoms with Crippen LogP contribution in [0.5, 0.6) is 11.5 Å². The quantitative estimate of drug-likeness (QED) is 0.551. The minimum absolute atomic E-state index is 0.363. The number of rotatable bonds is 8. The minimum Gasteiger partial charge on any atom is -0.493 e. The standard InChI is InChI=1S/C21H24F3NO3/c1-5-17(15-7-10-19(27-4)20(12-15)28-6-2)25(13-26)18-9-8-16(11-14(18)3)21(22,23)24/h7-13,17H,5-6H2,1-4H3/t17-/m0/s1. The normalized spacial score (nSPS) is 12.4. The number of ether oxygens (including phenoxy) is 2. The number of aryl methyl sites for hydroxylation is 1. The molecule has 0 fully saturated rings. The molecule has 152 valence electrons. The predicted octanol–water partition coefficient (Wildman–Crippen LogP) is 5.54. The molecule has 0 heterocycles. The molecule has 0 aliphatic rings. The number of benzene rings is 2. The van der Waals surface area contributed by atoms with Crippen molar-refractivity contribution in [3.8, 4) is 11.5 Å². The Labute approximate surface area is 162 Å². The lowest BCUT2D eigenvalue weighted by Gasteiger charge is -2.30. The van der Waals surface area contributed by atoms with Gasteiger partial charge in [-0.25, -0.2) is 0 Å². The summed E-state index contributed by atoms with van der Waals surface area (Å²) in [6.45, 7) is 5.78. The van der Waals surface area contributed by atoms with Gasteiger partial charge in [0.1, 0.15) is 0 Å². The maximum Gasteiger partial charge on any atom is 0.416 e. The van der Waals surface area contributed by atoms with Crippen molar-refractivity contribution in [3.63, 3.8) is 0 Å². The van der Waals surface area contributed by atoms with E-state index >= 15 is 0 Å². The topological polar surface area (TPSA) is 38.8 Å². The van der Waals surface area contributed by atoms with E-state index in [-0.39, 0.29) is 6.04 Å². The van der Waals surface area contributed by atoms with Gasteiger partial charge >= 0.3 is 6.18 Å². The monoisotopic (exact) mass is 395 g/mol. The summed E-state index contributed by atoms with van der Waals surface area (Å²) in [6.07, 6.45) is -3.22. The van der Waals surface area contributed by atoms with Gasteiger partial charge in [0.15, 0.2) is 11.5 Å². The van der Waals surface area contributed by atoms with Crippen molar-refractivity contribution in [3.05, 3.63) is 53.1 Å². The molecule has 0 saturated carbocycles. The minimum atomic E-state index is -4.43. The Balaban J connectivity index is 2.47. The highest BCUT2D eigenvalue weighted by atomic mass is 19.4. The van der Waals surface area contributed by atoms with Crippen LogP contribution < -0.4 is 14.4 Å². The number of nitrogens with zero attached hydrogens (tertiary/aromatic N) is 1. The smallest absolute Gasteiger partial charge is 0.416 e. The maximum absolute atomic E-state index is 13.0. The van der Waals surface area contributed by atoms with Crippen LogP contribution in [0.15, 0.2) is 36.4 Å². The zero-order valence-corrected chi connectivity index (χ0v) is 16.3. The number of anilines is 1. The van der Waals surface area contributed by atoms with E-state index in [4.69, 9.17) is 9.47 Å². The van der Waals surface area contributed by atoms with Crippen molar-refractivity contribution < 1.29 is 27.4 Å². The van der Waals surface area contributed by atoms with Gasteiger partial charge in [-0.1, -0.05) is 13.0 Å². The summed E-state index contributed by atoms with van der Waals surface area (Å²) in [4.78, 5) is 13.3.